The maximum absolute atomic E-state index is 12.5. The van der Waals surface area contributed by atoms with Crippen molar-refractivity contribution in [2.24, 2.45) is 11.5 Å². The zero-order chi connectivity index (χ0) is 18.4. The Bertz CT molecular complexity index is 763. The third-order valence-electron chi connectivity index (χ3n) is 3.72. The molecule has 0 fully saturated rings. The summed E-state index contributed by atoms with van der Waals surface area (Å²) in [5.74, 6) is -0.796. The summed E-state index contributed by atoms with van der Waals surface area (Å²) in [5.41, 5.74) is 13.9. The molecule has 25 heavy (non-hydrogen) atoms. The quantitative estimate of drug-likeness (QED) is 0.683. The second-order valence-corrected chi connectivity index (χ2v) is 5.87. The van der Waals surface area contributed by atoms with Crippen LogP contribution in [0.2, 0.25) is 5.02 Å². The van der Waals surface area contributed by atoms with Crippen LogP contribution in [0, 0.1) is 0 Å². The Morgan fingerprint density at radius 3 is 2.48 bits per heavy atom. The number of esters is 1. The van der Waals surface area contributed by atoms with Crippen molar-refractivity contribution in [2.75, 3.05) is 12.4 Å². The van der Waals surface area contributed by atoms with Gasteiger partial charge in [0.25, 0.3) is 5.91 Å². The molecule has 132 valence electrons. The first-order valence-corrected chi connectivity index (χ1v) is 8.05. The average molecular weight is 362 g/mol. The van der Waals surface area contributed by atoms with E-state index >= 15 is 0 Å². The highest BCUT2D eigenvalue weighted by molar-refractivity contribution is 6.34. The Balaban J connectivity index is 2.09. The summed E-state index contributed by atoms with van der Waals surface area (Å²) in [6, 6.07) is 11.5. The van der Waals surface area contributed by atoms with E-state index in [0.29, 0.717) is 28.3 Å². The molecular formula is C18H20ClN3O3. The lowest BCUT2D eigenvalue weighted by molar-refractivity contribution is -0.142. The van der Waals surface area contributed by atoms with Gasteiger partial charge in [0.1, 0.15) is 6.04 Å². The lowest BCUT2D eigenvalue weighted by Gasteiger charge is -2.12. The highest BCUT2D eigenvalue weighted by atomic mass is 35.5. The maximum atomic E-state index is 12.5. The van der Waals surface area contributed by atoms with E-state index in [1.165, 1.54) is 7.11 Å². The van der Waals surface area contributed by atoms with Gasteiger partial charge in [0, 0.05) is 12.2 Å². The van der Waals surface area contributed by atoms with Crippen molar-refractivity contribution in [1.29, 1.82) is 0 Å². The number of hydrogen-bond acceptors (Lipinski definition) is 5. The molecule has 0 aliphatic carbocycles. The molecule has 0 saturated carbocycles. The van der Waals surface area contributed by atoms with Crippen molar-refractivity contribution in [3.8, 4) is 0 Å². The molecule has 0 saturated heterocycles. The summed E-state index contributed by atoms with van der Waals surface area (Å²) >= 11 is 6.12. The van der Waals surface area contributed by atoms with Gasteiger partial charge < -0.3 is 21.5 Å². The number of anilines is 1. The molecule has 6 nitrogen and oxygen atoms in total. The number of halogens is 1. The SMILES string of the molecule is COC(=O)[C@@H](N)Cc1ccc(NC(=O)c2c(Cl)cccc2CN)cc1. The van der Waals surface area contributed by atoms with Crippen molar-refractivity contribution in [3.05, 3.63) is 64.2 Å². The van der Waals surface area contributed by atoms with E-state index in [2.05, 4.69) is 10.1 Å². The fraction of sp³-hybridized carbons (Fsp3) is 0.222. The van der Waals surface area contributed by atoms with E-state index < -0.39 is 12.0 Å². The number of rotatable bonds is 6. The molecule has 0 spiro atoms. The zero-order valence-corrected chi connectivity index (χ0v) is 14.5. The van der Waals surface area contributed by atoms with Crippen molar-refractivity contribution < 1.29 is 14.3 Å². The predicted octanol–water partition coefficient (Wildman–Crippen LogP) is 2.09. The van der Waals surface area contributed by atoms with Crippen molar-refractivity contribution >= 4 is 29.2 Å². The summed E-state index contributed by atoms with van der Waals surface area (Å²) in [7, 11) is 1.30. The van der Waals surface area contributed by atoms with E-state index in [-0.39, 0.29) is 12.5 Å². The van der Waals surface area contributed by atoms with Crippen molar-refractivity contribution in [2.45, 2.75) is 19.0 Å². The number of carbonyl (C=O) groups excluding carboxylic acids is 2. The molecule has 1 atom stereocenters. The molecule has 0 aliphatic heterocycles. The van der Waals surface area contributed by atoms with E-state index in [1.807, 2.05) is 0 Å². The van der Waals surface area contributed by atoms with Crippen LogP contribution in [0.5, 0.6) is 0 Å². The third-order valence-corrected chi connectivity index (χ3v) is 4.03. The fourth-order valence-electron chi connectivity index (χ4n) is 2.40. The molecule has 0 aliphatic rings. The maximum Gasteiger partial charge on any atom is 0.322 e. The second kappa shape index (κ2) is 8.62. The van der Waals surface area contributed by atoms with Crippen LogP contribution in [0.15, 0.2) is 42.5 Å². The second-order valence-electron chi connectivity index (χ2n) is 5.46. The molecule has 2 aromatic carbocycles. The Morgan fingerprint density at radius 1 is 1.20 bits per heavy atom. The lowest BCUT2D eigenvalue weighted by atomic mass is 10.1. The Labute approximate surface area is 151 Å². The molecule has 0 unspecified atom stereocenters. The zero-order valence-electron chi connectivity index (χ0n) is 13.8. The number of hydrogen-bond donors (Lipinski definition) is 3. The van der Waals surface area contributed by atoms with Gasteiger partial charge in [0.05, 0.1) is 17.7 Å². The van der Waals surface area contributed by atoms with Gasteiger partial charge in [-0.3, -0.25) is 9.59 Å². The van der Waals surface area contributed by atoms with E-state index in [9.17, 15) is 9.59 Å². The standard InChI is InChI=1S/C18H20ClN3O3/c1-25-18(24)15(21)9-11-5-7-13(8-6-11)22-17(23)16-12(10-20)3-2-4-14(16)19/h2-8,15H,9-10,20-21H2,1H3,(H,22,23)/t15-/m0/s1. The number of nitrogens with one attached hydrogen (secondary N) is 1. The molecule has 0 bridgehead atoms. The topological polar surface area (TPSA) is 107 Å². The van der Waals surface area contributed by atoms with Crippen LogP contribution in [0.1, 0.15) is 21.5 Å². The van der Waals surface area contributed by atoms with E-state index in [1.54, 1.807) is 42.5 Å². The Hall–Kier alpha value is -2.41. The highest BCUT2D eigenvalue weighted by Gasteiger charge is 2.16. The summed E-state index contributed by atoms with van der Waals surface area (Å²) in [6.07, 6.45) is 0.350. The van der Waals surface area contributed by atoms with Gasteiger partial charge in [-0.05, 0) is 35.7 Å². The molecule has 1 amide bonds. The largest absolute Gasteiger partial charge is 0.468 e. The molecule has 2 aromatic rings. The van der Waals surface area contributed by atoms with Gasteiger partial charge in [-0.2, -0.15) is 0 Å². The first-order valence-electron chi connectivity index (χ1n) is 7.67. The summed E-state index contributed by atoms with van der Waals surface area (Å²) in [6.45, 7) is 0.216. The minimum Gasteiger partial charge on any atom is -0.468 e. The van der Waals surface area contributed by atoms with Gasteiger partial charge in [-0.1, -0.05) is 35.9 Å². The molecular weight excluding hydrogens is 342 g/mol. The number of nitrogens with two attached hydrogens (primary N) is 2. The lowest BCUT2D eigenvalue weighted by Crippen LogP contribution is -2.33. The molecule has 0 heterocycles. The summed E-state index contributed by atoms with van der Waals surface area (Å²) in [5, 5.41) is 3.13. The van der Waals surface area contributed by atoms with Gasteiger partial charge in [-0.25, -0.2) is 0 Å². The van der Waals surface area contributed by atoms with E-state index in [4.69, 9.17) is 23.1 Å². The van der Waals surface area contributed by atoms with Gasteiger partial charge in [0.15, 0.2) is 0 Å². The van der Waals surface area contributed by atoms with Gasteiger partial charge in [0.2, 0.25) is 0 Å². The van der Waals surface area contributed by atoms with Gasteiger partial charge >= 0.3 is 5.97 Å². The van der Waals surface area contributed by atoms with Crippen LogP contribution in [0.3, 0.4) is 0 Å². The minimum atomic E-state index is -0.722. The van der Waals surface area contributed by atoms with Crippen LogP contribution >= 0.6 is 11.6 Å². The van der Waals surface area contributed by atoms with Crippen molar-refractivity contribution in [3.63, 3.8) is 0 Å². The van der Waals surface area contributed by atoms with Crippen molar-refractivity contribution in [1.82, 2.24) is 0 Å². The fourth-order valence-corrected chi connectivity index (χ4v) is 2.68. The first-order chi connectivity index (χ1) is 12.0. The summed E-state index contributed by atoms with van der Waals surface area (Å²) < 4.78 is 4.60. The third kappa shape index (κ3) is 4.79. The number of methoxy groups -OCH3 is 1. The number of benzene rings is 2. The van der Waals surface area contributed by atoms with Crippen LogP contribution < -0.4 is 16.8 Å². The normalized spacial score (nSPS) is 11.7. The Morgan fingerprint density at radius 2 is 1.88 bits per heavy atom. The highest BCUT2D eigenvalue weighted by Crippen LogP contribution is 2.22. The first kappa shape index (κ1) is 18.9. The smallest absolute Gasteiger partial charge is 0.322 e. The van der Waals surface area contributed by atoms with Crippen LogP contribution in [-0.4, -0.2) is 25.0 Å². The summed E-state index contributed by atoms with van der Waals surface area (Å²) in [4.78, 5) is 23.8. The minimum absolute atomic E-state index is 0.216. The van der Waals surface area contributed by atoms with Crippen LogP contribution in [0.4, 0.5) is 5.69 Å². The number of amides is 1. The Kier molecular flexibility index (Phi) is 6.52. The number of ether oxygens (including phenoxy) is 1. The van der Waals surface area contributed by atoms with Crippen LogP contribution in [0.25, 0.3) is 0 Å². The monoisotopic (exact) mass is 361 g/mol. The number of carbonyl (C=O) groups is 2. The molecule has 0 radical (unpaired) electrons. The molecule has 7 heteroatoms. The molecule has 0 aromatic heterocycles. The van der Waals surface area contributed by atoms with E-state index in [0.717, 1.165) is 5.56 Å². The average Bonchev–Trinajstić information content (AvgIpc) is 2.62. The molecule has 5 N–H and O–H groups in total. The van der Waals surface area contributed by atoms with Crippen LogP contribution in [-0.2, 0) is 22.5 Å². The predicted molar refractivity (Wildman–Crippen MR) is 97.4 cm³/mol. The van der Waals surface area contributed by atoms with Gasteiger partial charge in [-0.15, -0.1) is 0 Å². The molecule has 2 rings (SSSR count).